The fourth-order valence-electron chi connectivity index (χ4n) is 5.27. The Morgan fingerprint density at radius 2 is 1.77 bits per heavy atom. The van der Waals surface area contributed by atoms with Crippen molar-refractivity contribution in [1.82, 2.24) is 5.32 Å². The Bertz CT molecular complexity index is 597. The summed E-state index contributed by atoms with van der Waals surface area (Å²) in [5.74, 6) is 0.985. The first kappa shape index (κ1) is 14.6. The summed E-state index contributed by atoms with van der Waals surface area (Å²) in [5.41, 5.74) is 1.39. The molecule has 5 atom stereocenters. The standard InChI is InChI=1S/C17H20BrNO3/c18-12-6-4-10-14-8(12)2-1-3-9(14)15(16(10)21)11-5-7-13(20)19-17(11)22/h8-10,12,14H,1-7H2,(H,19,20,22). The van der Waals surface area contributed by atoms with Crippen LogP contribution in [0.1, 0.15) is 44.9 Å². The average molecular weight is 366 g/mol. The Kier molecular flexibility index (Phi) is 3.51. The summed E-state index contributed by atoms with van der Waals surface area (Å²) < 4.78 is 0. The zero-order valence-electron chi connectivity index (χ0n) is 12.4. The molecule has 1 N–H and O–H groups in total. The van der Waals surface area contributed by atoms with Gasteiger partial charge in [0.2, 0.25) is 5.91 Å². The lowest BCUT2D eigenvalue weighted by molar-refractivity contribution is -0.130. The maximum absolute atomic E-state index is 13.0. The zero-order chi connectivity index (χ0) is 15.4. The second-order valence-corrected chi connectivity index (χ2v) is 8.29. The maximum Gasteiger partial charge on any atom is 0.254 e. The van der Waals surface area contributed by atoms with E-state index < -0.39 is 0 Å². The van der Waals surface area contributed by atoms with Crippen LogP contribution in [0.3, 0.4) is 0 Å². The molecule has 3 saturated carbocycles. The van der Waals surface area contributed by atoms with E-state index in [-0.39, 0.29) is 29.4 Å². The van der Waals surface area contributed by atoms with E-state index in [0.29, 0.717) is 35.1 Å². The number of ketones is 1. The van der Waals surface area contributed by atoms with E-state index in [0.717, 1.165) is 31.3 Å². The molecular weight excluding hydrogens is 346 g/mol. The number of amides is 2. The van der Waals surface area contributed by atoms with E-state index in [4.69, 9.17) is 0 Å². The lowest BCUT2D eigenvalue weighted by Crippen LogP contribution is -2.39. The number of carbonyl (C=O) groups excluding carboxylic acids is 3. The van der Waals surface area contributed by atoms with Crippen LogP contribution in [0, 0.1) is 23.7 Å². The number of halogens is 1. The van der Waals surface area contributed by atoms with Crippen LogP contribution >= 0.6 is 15.9 Å². The van der Waals surface area contributed by atoms with Crippen molar-refractivity contribution in [3.8, 4) is 0 Å². The van der Waals surface area contributed by atoms with Gasteiger partial charge >= 0.3 is 0 Å². The van der Waals surface area contributed by atoms with Crippen LogP contribution in [-0.4, -0.2) is 22.4 Å². The Balaban J connectivity index is 1.76. The van der Waals surface area contributed by atoms with Crippen molar-refractivity contribution in [1.29, 1.82) is 0 Å². The molecule has 1 aliphatic heterocycles. The van der Waals surface area contributed by atoms with Gasteiger partial charge in [-0.1, -0.05) is 22.4 Å². The molecule has 0 aromatic rings. The van der Waals surface area contributed by atoms with Crippen molar-refractivity contribution in [2.75, 3.05) is 0 Å². The molecule has 1 heterocycles. The third-order valence-corrected chi connectivity index (χ3v) is 7.26. The second-order valence-electron chi connectivity index (χ2n) is 7.11. The highest BCUT2D eigenvalue weighted by Gasteiger charge is 2.55. The lowest BCUT2D eigenvalue weighted by Gasteiger charge is -2.43. The number of rotatable bonds is 0. The molecule has 5 unspecified atom stereocenters. The van der Waals surface area contributed by atoms with E-state index in [1.54, 1.807) is 0 Å². The van der Waals surface area contributed by atoms with Gasteiger partial charge in [0.25, 0.3) is 5.91 Å². The molecule has 0 radical (unpaired) electrons. The van der Waals surface area contributed by atoms with Gasteiger partial charge in [-0.25, -0.2) is 0 Å². The molecule has 4 nitrogen and oxygen atoms in total. The normalized spacial score (nSPS) is 44.8. The zero-order valence-corrected chi connectivity index (χ0v) is 14.0. The predicted molar refractivity (Wildman–Crippen MR) is 84.2 cm³/mol. The summed E-state index contributed by atoms with van der Waals surface area (Å²) in [6, 6.07) is 0. The van der Waals surface area contributed by atoms with Gasteiger partial charge in [0, 0.05) is 28.3 Å². The van der Waals surface area contributed by atoms with Gasteiger partial charge in [-0.2, -0.15) is 0 Å². The molecular formula is C17H20BrNO3. The van der Waals surface area contributed by atoms with E-state index in [2.05, 4.69) is 21.2 Å². The van der Waals surface area contributed by atoms with Crippen molar-refractivity contribution in [2.45, 2.75) is 49.8 Å². The monoisotopic (exact) mass is 365 g/mol. The minimum Gasteiger partial charge on any atom is -0.294 e. The predicted octanol–water partition coefficient (Wildman–Crippen LogP) is 2.51. The number of imide groups is 1. The molecule has 0 spiro atoms. The van der Waals surface area contributed by atoms with E-state index in [9.17, 15) is 14.4 Å². The highest BCUT2D eigenvalue weighted by Crippen LogP contribution is 2.57. The fraction of sp³-hybridized carbons (Fsp3) is 0.706. The summed E-state index contributed by atoms with van der Waals surface area (Å²) in [5, 5.41) is 2.39. The van der Waals surface area contributed by atoms with Gasteiger partial charge in [0.15, 0.2) is 5.78 Å². The van der Waals surface area contributed by atoms with Crippen molar-refractivity contribution in [3.05, 3.63) is 11.1 Å². The molecule has 4 aliphatic rings. The first-order chi connectivity index (χ1) is 10.6. The second kappa shape index (κ2) is 5.29. The van der Waals surface area contributed by atoms with Crippen molar-refractivity contribution >= 4 is 33.5 Å². The minimum atomic E-state index is -0.323. The number of Topliss-reactive ketones (excluding diaryl/α,β-unsaturated/α-hetero) is 1. The van der Waals surface area contributed by atoms with Gasteiger partial charge in [-0.3, -0.25) is 19.7 Å². The van der Waals surface area contributed by atoms with Gasteiger partial charge < -0.3 is 0 Å². The Labute approximate surface area is 138 Å². The SMILES string of the molecule is O=C1CCC(=C2C(=O)C3CCC(Br)C4CCCC2C34)C(=O)N1. The molecule has 4 rings (SSSR count). The summed E-state index contributed by atoms with van der Waals surface area (Å²) in [4.78, 5) is 37.1. The number of allylic oxidation sites excluding steroid dienone is 1. The van der Waals surface area contributed by atoms with E-state index >= 15 is 0 Å². The smallest absolute Gasteiger partial charge is 0.254 e. The summed E-state index contributed by atoms with van der Waals surface area (Å²) in [6.45, 7) is 0. The molecule has 3 aliphatic carbocycles. The number of piperidine rings is 1. The van der Waals surface area contributed by atoms with E-state index in [1.807, 2.05) is 0 Å². The summed E-state index contributed by atoms with van der Waals surface area (Å²) in [6.07, 6.45) is 6.08. The Hall–Kier alpha value is -0.970. The van der Waals surface area contributed by atoms with Crippen molar-refractivity contribution in [3.63, 3.8) is 0 Å². The third-order valence-electron chi connectivity index (χ3n) is 6.12. The minimum absolute atomic E-state index is 0.108. The topological polar surface area (TPSA) is 63.2 Å². The first-order valence-corrected chi connectivity index (χ1v) is 9.25. The molecule has 0 aromatic heterocycles. The number of hydrogen-bond donors (Lipinski definition) is 1. The first-order valence-electron chi connectivity index (χ1n) is 8.33. The quantitative estimate of drug-likeness (QED) is 0.407. The van der Waals surface area contributed by atoms with E-state index in [1.165, 1.54) is 6.42 Å². The average Bonchev–Trinajstić information content (AvgIpc) is 2.77. The van der Waals surface area contributed by atoms with Crippen LogP contribution in [0.2, 0.25) is 0 Å². The molecule has 0 aromatic carbocycles. The van der Waals surface area contributed by atoms with Gasteiger partial charge in [0.1, 0.15) is 0 Å². The molecule has 5 heteroatoms. The van der Waals surface area contributed by atoms with Crippen molar-refractivity contribution < 1.29 is 14.4 Å². The van der Waals surface area contributed by atoms with Gasteiger partial charge in [-0.05, 0) is 49.9 Å². The highest BCUT2D eigenvalue weighted by molar-refractivity contribution is 9.09. The molecule has 4 fully saturated rings. The Morgan fingerprint density at radius 1 is 0.955 bits per heavy atom. The highest BCUT2D eigenvalue weighted by atomic mass is 79.9. The van der Waals surface area contributed by atoms with Crippen molar-refractivity contribution in [2.24, 2.45) is 23.7 Å². The molecule has 118 valence electrons. The van der Waals surface area contributed by atoms with Crippen LogP contribution in [-0.2, 0) is 14.4 Å². The molecule has 0 bridgehead atoms. The molecule has 1 saturated heterocycles. The largest absolute Gasteiger partial charge is 0.294 e. The number of alkyl halides is 1. The molecule has 22 heavy (non-hydrogen) atoms. The van der Waals surface area contributed by atoms with Crippen LogP contribution < -0.4 is 5.32 Å². The third kappa shape index (κ3) is 2.04. The number of nitrogens with one attached hydrogen (secondary N) is 1. The summed E-state index contributed by atoms with van der Waals surface area (Å²) >= 11 is 3.82. The number of carbonyl (C=O) groups is 3. The number of hydrogen-bond acceptors (Lipinski definition) is 3. The van der Waals surface area contributed by atoms with Crippen LogP contribution in [0.5, 0.6) is 0 Å². The fourth-order valence-corrected chi connectivity index (χ4v) is 6.16. The van der Waals surface area contributed by atoms with Crippen LogP contribution in [0.25, 0.3) is 0 Å². The van der Waals surface area contributed by atoms with Gasteiger partial charge in [-0.15, -0.1) is 0 Å². The summed E-state index contributed by atoms with van der Waals surface area (Å²) in [7, 11) is 0. The van der Waals surface area contributed by atoms with Crippen LogP contribution in [0.4, 0.5) is 0 Å². The maximum atomic E-state index is 13.0. The lowest BCUT2D eigenvalue weighted by atomic mass is 9.64. The van der Waals surface area contributed by atoms with Crippen LogP contribution in [0.15, 0.2) is 11.1 Å². The Morgan fingerprint density at radius 3 is 2.55 bits per heavy atom. The molecule has 2 amide bonds. The van der Waals surface area contributed by atoms with Gasteiger partial charge in [0.05, 0.1) is 0 Å².